The number of aliphatic hydroxyl groups excluding tert-OH is 1. The normalized spacial score (nSPS) is 20.4. The number of benzene rings is 3. The van der Waals surface area contributed by atoms with E-state index >= 15 is 0 Å². The molecule has 274 valence electrons. The summed E-state index contributed by atoms with van der Waals surface area (Å²) < 4.78 is 75.0. The second-order valence-corrected chi connectivity index (χ2v) is 16.6. The smallest absolute Gasteiger partial charge is 0.261 e. The van der Waals surface area contributed by atoms with Gasteiger partial charge in [0.05, 0.1) is 47.3 Å². The van der Waals surface area contributed by atoms with Crippen LogP contribution in [0.1, 0.15) is 56.0 Å². The number of methoxy groups -OCH3 is 1. The number of sulfonamides is 2. The van der Waals surface area contributed by atoms with Gasteiger partial charge >= 0.3 is 0 Å². The van der Waals surface area contributed by atoms with Crippen LogP contribution in [0.4, 0.5) is 5.69 Å². The Bertz CT molecular complexity index is 1800. The maximum Gasteiger partial charge on any atom is 0.261 e. The summed E-state index contributed by atoms with van der Waals surface area (Å²) in [5.41, 5.74) is 1.22. The number of nitrogens with one attached hydrogen (secondary N) is 1. The first-order chi connectivity index (χ1) is 23.7. The van der Waals surface area contributed by atoms with Crippen LogP contribution in [0.15, 0.2) is 76.5 Å². The molecule has 0 radical (unpaired) electrons. The number of hydrogen-bond donors (Lipinski definition) is 2. The Kier molecular flexibility index (Phi) is 13.3. The van der Waals surface area contributed by atoms with E-state index in [0.717, 1.165) is 12.0 Å². The molecule has 4 atom stereocenters. The van der Waals surface area contributed by atoms with Gasteiger partial charge < -0.3 is 24.2 Å². The number of likely N-dealkylation sites (N-methyl/N-ethyl adjacent to an activating group) is 1. The summed E-state index contributed by atoms with van der Waals surface area (Å²) in [7, 11) is -4.84. The fourth-order valence-electron chi connectivity index (χ4n) is 5.66. The Balaban J connectivity index is 1.67. The molecule has 50 heavy (non-hydrogen) atoms. The molecule has 0 unspecified atom stereocenters. The molecule has 1 heterocycles. The van der Waals surface area contributed by atoms with Crippen molar-refractivity contribution < 1.29 is 40.9 Å². The van der Waals surface area contributed by atoms with Gasteiger partial charge in [-0.25, -0.2) is 16.8 Å². The van der Waals surface area contributed by atoms with Crippen LogP contribution < -0.4 is 14.2 Å². The number of hydrogen-bond acceptors (Lipinski definition) is 9. The van der Waals surface area contributed by atoms with Crippen molar-refractivity contribution in [2.24, 2.45) is 5.92 Å². The van der Waals surface area contributed by atoms with Crippen LogP contribution in [0.2, 0.25) is 0 Å². The number of rotatable bonds is 10. The van der Waals surface area contributed by atoms with Crippen molar-refractivity contribution in [2.45, 2.75) is 75.0 Å². The molecule has 3 aromatic carbocycles. The van der Waals surface area contributed by atoms with Crippen LogP contribution in [-0.2, 0) is 24.8 Å². The van der Waals surface area contributed by atoms with Crippen molar-refractivity contribution in [2.75, 3.05) is 45.2 Å². The lowest BCUT2D eigenvalue weighted by Crippen LogP contribution is -2.48. The number of aliphatic hydroxyl groups is 1. The summed E-state index contributed by atoms with van der Waals surface area (Å²) >= 11 is 0. The fraction of sp³-hybridized carbons (Fsp3) is 0.472. The number of ether oxygens (including phenoxy) is 3. The standard InChI is InChI=1S/C36H49N3O9S2/c1-25-10-15-32(16-11-25)50(44,45)38(5)23-35-26(2)22-39(27(3)24-40)36(41)33-21-29(12-19-34(33)48-28(4)9-7-8-20-47-35)37-49(42,43)31-17-13-30(46-6)14-18-31/h10-19,21,26-28,35,37,40H,7-9,20,22-24H2,1-6H3/t26-,27-,28-,35+/m1/s1. The van der Waals surface area contributed by atoms with E-state index in [1.54, 1.807) is 55.5 Å². The first kappa shape index (κ1) is 39.1. The van der Waals surface area contributed by atoms with Gasteiger partial charge in [0.15, 0.2) is 0 Å². The summed E-state index contributed by atoms with van der Waals surface area (Å²) in [6, 6.07) is 16.5. The Labute approximate surface area is 296 Å². The Morgan fingerprint density at radius 2 is 1.66 bits per heavy atom. The molecular formula is C36H49N3O9S2. The highest BCUT2D eigenvalue weighted by atomic mass is 32.2. The second kappa shape index (κ2) is 17.0. The highest BCUT2D eigenvalue weighted by Gasteiger charge is 2.32. The Hall–Kier alpha value is -3.69. The number of carbonyl (C=O) groups excluding carboxylic acids is 1. The van der Waals surface area contributed by atoms with Crippen molar-refractivity contribution in [3.8, 4) is 11.5 Å². The topological polar surface area (TPSA) is 152 Å². The SMILES string of the molecule is COc1ccc(S(=O)(=O)Nc2ccc3c(c2)C(=O)N([C@H](C)CO)C[C@@H](C)[C@H](CN(C)S(=O)(=O)c2ccc(C)cc2)OCCCC[C@@H](C)O3)cc1. The largest absolute Gasteiger partial charge is 0.497 e. The van der Waals surface area contributed by atoms with Crippen LogP contribution in [0, 0.1) is 12.8 Å². The third-order valence-corrected chi connectivity index (χ3v) is 12.1. The molecule has 1 aliphatic heterocycles. The molecule has 12 nitrogen and oxygen atoms in total. The summed E-state index contributed by atoms with van der Waals surface area (Å²) in [6.45, 7) is 7.56. The summed E-state index contributed by atoms with van der Waals surface area (Å²) in [5.74, 6) is -0.0627. The fourth-order valence-corrected chi connectivity index (χ4v) is 7.89. The summed E-state index contributed by atoms with van der Waals surface area (Å²) in [6.07, 6.45) is 1.26. The van der Waals surface area contributed by atoms with E-state index < -0.39 is 38.1 Å². The van der Waals surface area contributed by atoms with Gasteiger partial charge in [0, 0.05) is 38.3 Å². The van der Waals surface area contributed by atoms with Gasteiger partial charge in [-0.3, -0.25) is 9.52 Å². The van der Waals surface area contributed by atoms with Gasteiger partial charge in [0.2, 0.25) is 10.0 Å². The first-order valence-electron chi connectivity index (χ1n) is 16.7. The average Bonchev–Trinajstić information content (AvgIpc) is 3.09. The van der Waals surface area contributed by atoms with Crippen LogP contribution in [0.5, 0.6) is 11.5 Å². The highest BCUT2D eigenvalue weighted by molar-refractivity contribution is 7.92. The first-order valence-corrected chi connectivity index (χ1v) is 19.6. The Morgan fingerprint density at radius 1 is 1.00 bits per heavy atom. The number of aryl methyl sites for hydroxylation is 1. The zero-order valence-electron chi connectivity index (χ0n) is 29.5. The lowest BCUT2D eigenvalue weighted by atomic mass is 10.0. The molecule has 2 N–H and O–H groups in total. The van der Waals surface area contributed by atoms with Gasteiger partial charge in [0.25, 0.3) is 15.9 Å². The summed E-state index contributed by atoms with van der Waals surface area (Å²) in [5, 5.41) is 10.2. The van der Waals surface area contributed by atoms with Crippen molar-refractivity contribution in [1.82, 2.24) is 9.21 Å². The van der Waals surface area contributed by atoms with Gasteiger partial charge in [0.1, 0.15) is 11.5 Å². The molecule has 3 aromatic rings. The van der Waals surface area contributed by atoms with Crippen molar-refractivity contribution >= 4 is 31.6 Å². The third-order valence-electron chi connectivity index (χ3n) is 8.84. The van der Waals surface area contributed by atoms with E-state index in [-0.39, 0.29) is 58.5 Å². The number of amides is 1. The van der Waals surface area contributed by atoms with Gasteiger partial charge in [-0.2, -0.15) is 4.31 Å². The monoisotopic (exact) mass is 731 g/mol. The minimum atomic E-state index is -4.02. The molecule has 1 amide bonds. The maximum atomic E-state index is 14.4. The minimum Gasteiger partial charge on any atom is -0.497 e. The predicted molar refractivity (Wildman–Crippen MR) is 192 cm³/mol. The zero-order chi connectivity index (χ0) is 36.6. The van der Waals surface area contributed by atoms with Crippen molar-refractivity contribution in [3.63, 3.8) is 0 Å². The van der Waals surface area contributed by atoms with Crippen LogP contribution in [0.25, 0.3) is 0 Å². The molecule has 14 heteroatoms. The van der Waals surface area contributed by atoms with Crippen molar-refractivity contribution in [1.29, 1.82) is 0 Å². The lowest BCUT2D eigenvalue weighted by molar-refractivity contribution is -0.00833. The number of nitrogens with zero attached hydrogens (tertiary/aromatic N) is 2. The minimum absolute atomic E-state index is 0.0133. The maximum absolute atomic E-state index is 14.4. The summed E-state index contributed by atoms with van der Waals surface area (Å²) in [4.78, 5) is 16.1. The van der Waals surface area contributed by atoms with E-state index in [1.807, 2.05) is 20.8 Å². The van der Waals surface area contributed by atoms with Gasteiger partial charge in [-0.05, 0) is 94.6 Å². The predicted octanol–water partition coefficient (Wildman–Crippen LogP) is 4.92. The molecule has 0 saturated carbocycles. The second-order valence-electron chi connectivity index (χ2n) is 12.9. The molecular weight excluding hydrogens is 683 g/mol. The molecule has 0 aliphatic carbocycles. The van der Waals surface area contributed by atoms with Gasteiger partial charge in [-0.1, -0.05) is 24.6 Å². The van der Waals surface area contributed by atoms with Crippen LogP contribution in [0.3, 0.4) is 0 Å². The van der Waals surface area contributed by atoms with Gasteiger partial charge in [-0.15, -0.1) is 0 Å². The number of fused-ring (bicyclic) bond motifs is 1. The average molecular weight is 732 g/mol. The van der Waals surface area contributed by atoms with E-state index in [2.05, 4.69) is 4.72 Å². The molecule has 0 bridgehead atoms. The van der Waals surface area contributed by atoms with E-state index in [1.165, 1.54) is 41.6 Å². The number of anilines is 1. The van der Waals surface area contributed by atoms with Crippen LogP contribution >= 0.6 is 0 Å². The van der Waals surface area contributed by atoms with Crippen LogP contribution in [-0.4, -0.2) is 95.8 Å². The molecule has 4 rings (SSSR count). The molecule has 0 saturated heterocycles. The molecule has 0 spiro atoms. The Morgan fingerprint density at radius 3 is 2.30 bits per heavy atom. The van der Waals surface area contributed by atoms with E-state index in [9.17, 15) is 26.7 Å². The molecule has 0 aromatic heterocycles. The quantitative estimate of drug-likeness (QED) is 0.296. The molecule has 1 aliphatic rings. The van der Waals surface area contributed by atoms with E-state index in [4.69, 9.17) is 14.2 Å². The third kappa shape index (κ3) is 9.75. The lowest BCUT2D eigenvalue weighted by Gasteiger charge is -2.35. The number of carbonyl (C=O) groups is 1. The molecule has 0 fully saturated rings. The zero-order valence-corrected chi connectivity index (χ0v) is 31.2. The highest BCUT2D eigenvalue weighted by Crippen LogP contribution is 2.30. The van der Waals surface area contributed by atoms with E-state index in [0.29, 0.717) is 25.2 Å². The van der Waals surface area contributed by atoms with Crippen molar-refractivity contribution in [3.05, 3.63) is 77.9 Å².